The molecule has 24 heavy (non-hydrogen) atoms. The van der Waals surface area contributed by atoms with Crippen LogP contribution in [-0.2, 0) is 4.79 Å². The van der Waals surface area contributed by atoms with Gasteiger partial charge in [-0.3, -0.25) is 9.69 Å². The van der Waals surface area contributed by atoms with E-state index in [1.165, 1.54) is 4.88 Å². The second-order valence-electron chi connectivity index (χ2n) is 5.93. The minimum atomic E-state index is 0.0694. The van der Waals surface area contributed by atoms with Gasteiger partial charge >= 0.3 is 0 Å². The Morgan fingerprint density at radius 2 is 2.12 bits per heavy atom. The lowest BCUT2D eigenvalue weighted by Crippen LogP contribution is -2.40. The first-order chi connectivity index (χ1) is 11.8. The first kappa shape index (κ1) is 16.7. The van der Waals surface area contributed by atoms with Crippen molar-refractivity contribution in [3.63, 3.8) is 0 Å². The first-order valence-corrected chi connectivity index (χ1v) is 9.17. The summed E-state index contributed by atoms with van der Waals surface area (Å²) in [6.07, 6.45) is 2.58. The van der Waals surface area contributed by atoms with Gasteiger partial charge in [0.05, 0.1) is 19.0 Å². The number of rotatable bonds is 6. The molecule has 0 bridgehead atoms. The summed E-state index contributed by atoms with van der Waals surface area (Å²) in [6, 6.07) is 16.4. The highest BCUT2D eigenvalue weighted by molar-refractivity contribution is 7.10. The molecule has 1 saturated heterocycles. The number of carbonyl (C=O) groups is 1. The van der Waals surface area contributed by atoms with Crippen molar-refractivity contribution in [3.8, 4) is 6.07 Å². The molecule has 0 aliphatic carbocycles. The van der Waals surface area contributed by atoms with Gasteiger partial charge in [0, 0.05) is 23.2 Å². The molecule has 3 rings (SSSR count). The smallest absolute Gasteiger partial charge is 0.241 e. The summed E-state index contributed by atoms with van der Waals surface area (Å²) in [6.45, 7) is 1.80. The average molecular weight is 339 g/mol. The van der Waals surface area contributed by atoms with Gasteiger partial charge in [0.15, 0.2) is 0 Å². The average Bonchev–Trinajstić information content (AvgIpc) is 3.27. The third-order valence-corrected chi connectivity index (χ3v) is 5.36. The number of para-hydroxylation sites is 1. The summed E-state index contributed by atoms with van der Waals surface area (Å²) in [4.78, 5) is 18.3. The van der Waals surface area contributed by atoms with E-state index in [1.54, 1.807) is 16.2 Å². The summed E-state index contributed by atoms with van der Waals surface area (Å²) in [5, 5.41) is 11.0. The van der Waals surface area contributed by atoms with Gasteiger partial charge in [-0.15, -0.1) is 11.3 Å². The topological polar surface area (TPSA) is 47.3 Å². The van der Waals surface area contributed by atoms with Crippen LogP contribution in [0.2, 0.25) is 0 Å². The van der Waals surface area contributed by atoms with Gasteiger partial charge in [0.25, 0.3) is 0 Å². The molecule has 1 fully saturated rings. The fourth-order valence-electron chi connectivity index (χ4n) is 3.25. The number of hydrogen-bond donors (Lipinski definition) is 0. The van der Waals surface area contributed by atoms with Gasteiger partial charge in [-0.2, -0.15) is 5.26 Å². The van der Waals surface area contributed by atoms with Crippen LogP contribution in [-0.4, -0.2) is 30.4 Å². The van der Waals surface area contributed by atoms with E-state index in [9.17, 15) is 4.79 Å². The number of carbonyl (C=O) groups excluding carboxylic acids is 1. The fraction of sp³-hybridized carbons (Fsp3) is 0.368. The van der Waals surface area contributed by atoms with Crippen LogP contribution in [0.25, 0.3) is 0 Å². The Hall–Kier alpha value is -2.16. The summed E-state index contributed by atoms with van der Waals surface area (Å²) in [7, 11) is 0. The molecule has 1 aromatic carbocycles. The fourth-order valence-corrected chi connectivity index (χ4v) is 4.14. The zero-order valence-electron chi connectivity index (χ0n) is 13.6. The van der Waals surface area contributed by atoms with Crippen LogP contribution in [0.3, 0.4) is 0 Å². The van der Waals surface area contributed by atoms with Crippen LogP contribution in [0.1, 0.15) is 30.2 Å². The van der Waals surface area contributed by atoms with E-state index in [4.69, 9.17) is 5.26 Å². The van der Waals surface area contributed by atoms with Crippen molar-refractivity contribution in [2.24, 2.45) is 0 Å². The Morgan fingerprint density at radius 3 is 2.83 bits per heavy atom. The maximum absolute atomic E-state index is 12.9. The lowest BCUT2D eigenvalue weighted by Gasteiger charge is -2.28. The molecule has 1 aliphatic heterocycles. The van der Waals surface area contributed by atoms with Gasteiger partial charge in [0.1, 0.15) is 0 Å². The van der Waals surface area contributed by atoms with Crippen LogP contribution in [0.4, 0.5) is 5.69 Å². The minimum absolute atomic E-state index is 0.0694. The van der Waals surface area contributed by atoms with Crippen molar-refractivity contribution in [2.75, 3.05) is 24.5 Å². The molecule has 124 valence electrons. The standard InChI is InChI=1S/C19H21N3OS/c20-11-6-13-22(16-7-2-1-3-8-16)19(23)15-21-12-4-9-17(21)18-10-5-14-24-18/h1-3,5,7-8,10,14,17H,4,6,9,12-13,15H2. The summed E-state index contributed by atoms with van der Waals surface area (Å²) in [5.74, 6) is 0.0694. The number of amides is 1. The molecule has 4 nitrogen and oxygen atoms in total. The number of nitrogens with zero attached hydrogens (tertiary/aromatic N) is 3. The lowest BCUT2D eigenvalue weighted by molar-refractivity contribution is -0.120. The molecule has 0 spiro atoms. The first-order valence-electron chi connectivity index (χ1n) is 8.29. The molecule has 0 radical (unpaired) electrons. The molecule has 2 heterocycles. The predicted octanol–water partition coefficient (Wildman–Crippen LogP) is 3.83. The quantitative estimate of drug-likeness (QED) is 0.803. The Kier molecular flexibility index (Phi) is 5.63. The third kappa shape index (κ3) is 3.84. The van der Waals surface area contributed by atoms with Crippen LogP contribution in [0, 0.1) is 11.3 Å². The highest BCUT2D eigenvalue weighted by Crippen LogP contribution is 2.34. The maximum Gasteiger partial charge on any atom is 0.241 e. The van der Waals surface area contributed by atoms with Crippen molar-refractivity contribution < 1.29 is 4.79 Å². The normalized spacial score (nSPS) is 17.5. The van der Waals surface area contributed by atoms with Crippen LogP contribution >= 0.6 is 11.3 Å². The Morgan fingerprint density at radius 1 is 1.29 bits per heavy atom. The van der Waals surface area contributed by atoms with Crippen molar-refractivity contribution in [1.29, 1.82) is 5.26 Å². The van der Waals surface area contributed by atoms with E-state index in [1.807, 2.05) is 30.3 Å². The van der Waals surface area contributed by atoms with Gasteiger partial charge in [-0.05, 0) is 43.0 Å². The van der Waals surface area contributed by atoms with Crippen molar-refractivity contribution in [2.45, 2.75) is 25.3 Å². The van der Waals surface area contributed by atoms with Crippen LogP contribution in [0.15, 0.2) is 47.8 Å². The minimum Gasteiger partial charge on any atom is -0.310 e. The molecule has 1 aromatic heterocycles. The molecule has 5 heteroatoms. The summed E-state index contributed by atoms with van der Waals surface area (Å²) >= 11 is 1.76. The highest BCUT2D eigenvalue weighted by atomic mass is 32.1. The monoisotopic (exact) mass is 339 g/mol. The van der Waals surface area contributed by atoms with E-state index >= 15 is 0 Å². The van der Waals surface area contributed by atoms with E-state index < -0.39 is 0 Å². The van der Waals surface area contributed by atoms with Crippen LogP contribution < -0.4 is 4.90 Å². The molecular formula is C19H21N3OS. The zero-order valence-corrected chi connectivity index (χ0v) is 14.4. The second-order valence-corrected chi connectivity index (χ2v) is 6.91. The van der Waals surface area contributed by atoms with Crippen molar-refractivity contribution >= 4 is 22.9 Å². The van der Waals surface area contributed by atoms with E-state index in [0.717, 1.165) is 25.1 Å². The van der Waals surface area contributed by atoms with E-state index in [2.05, 4.69) is 28.5 Å². The molecule has 0 saturated carbocycles. The Labute approximate surface area is 146 Å². The van der Waals surface area contributed by atoms with Gasteiger partial charge in [-0.25, -0.2) is 0 Å². The molecule has 1 amide bonds. The number of benzene rings is 1. The molecular weight excluding hydrogens is 318 g/mol. The van der Waals surface area contributed by atoms with Crippen molar-refractivity contribution in [1.82, 2.24) is 4.90 Å². The molecule has 0 N–H and O–H groups in total. The summed E-state index contributed by atoms with van der Waals surface area (Å²) in [5.41, 5.74) is 0.865. The number of anilines is 1. The van der Waals surface area contributed by atoms with Crippen LogP contribution in [0.5, 0.6) is 0 Å². The largest absolute Gasteiger partial charge is 0.310 e. The molecule has 1 unspecified atom stereocenters. The molecule has 2 aromatic rings. The predicted molar refractivity (Wildman–Crippen MR) is 96.9 cm³/mol. The van der Waals surface area contributed by atoms with Gasteiger partial charge in [0.2, 0.25) is 5.91 Å². The number of thiophene rings is 1. The molecule has 1 atom stereocenters. The highest BCUT2D eigenvalue weighted by Gasteiger charge is 2.29. The van der Waals surface area contributed by atoms with Gasteiger partial charge < -0.3 is 4.90 Å². The van der Waals surface area contributed by atoms with Gasteiger partial charge in [-0.1, -0.05) is 24.3 Å². The number of nitriles is 1. The van der Waals surface area contributed by atoms with E-state index in [0.29, 0.717) is 25.6 Å². The number of hydrogen-bond acceptors (Lipinski definition) is 4. The SMILES string of the molecule is N#CCCN(C(=O)CN1CCCC1c1cccs1)c1ccccc1. The Bertz CT molecular complexity index is 693. The maximum atomic E-state index is 12.9. The zero-order chi connectivity index (χ0) is 16.8. The Balaban J connectivity index is 1.72. The third-order valence-electron chi connectivity index (χ3n) is 4.39. The van der Waals surface area contributed by atoms with E-state index in [-0.39, 0.29) is 5.91 Å². The number of likely N-dealkylation sites (tertiary alicyclic amines) is 1. The van der Waals surface area contributed by atoms with Crippen molar-refractivity contribution in [3.05, 3.63) is 52.7 Å². The molecule has 1 aliphatic rings. The summed E-state index contributed by atoms with van der Waals surface area (Å²) < 4.78 is 0. The lowest BCUT2D eigenvalue weighted by atomic mass is 10.2. The second kappa shape index (κ2) is 8.09.